The number of benzene rings is 3. The average molecular weight is 524 g/mol. The summed E-state index contributed by atoms with van der Waals surface area (Å²) in [6, 6.07) is 17.9. The van der Waals surface area contributed by atoms with Crippen LogP contribution in [-0.4, -0.2) is 44.3 Å². The summed E-state index contributed by atoms with van der Waals surface area (Å²) < 4.78 is 16.2. The van der Waals surface area contributed by atoms with Gasteiger partial charge in [0.2, 0.25) is 0 Å². The number of carbonyl (C=O) groups is 3. The molecule has 0 aliphatic rings. The van der Waals surface area contributed by atoms with Gasteiger partial charge in [0.05, 0.1) is 37.1 Å². The second kappa shape index (κ2) is 13.6. The highest BCUT2D eigenvalue weighted by molar-refractivity contribution is 6.33. The lowest BCUT2D eigenvalue weighted by molar-refractivity contribution is -0.120. The lowest BCUT2D eigenvalue weighted by Gasteiger charge is -2.10. The van der Waals surface area contributed by atoms with Gasteiger partial charge in [0.1, 0.15) is 5.75 Å². The van der Waals surface area contributed by atoms with Gasteiger partial charge in [0.25, 0.3) is 11.8 Å². The molecule has 0 aliphatic heterocycles. The second-order valence-electron chi connectivity index (χ2n) is 7.63. The Morgan fingerprint density at radius 3 is 2.46 bits per heavy atom. The smallest absolute Gasteiger partial charge is 0.345 e. The van der Waals surface area contributed by atoms with Crippen LogP contribution < -0.4 is 25.0 Å². The number of carbonyl (C=O) groups excluding carboxylic acids is 3. The van der Waals surface area contributed by atoms with E-state index in [4.69, 9.17) is 25.8 Å². The van der Waals surface area contributed by atoms with Gasteiger partial charge in [-0.25, -0.2) is 10.2 Å². The molecule has 0 aliphatic carbocycles. The third kappa shape index (κ3) is 8.08. The maximum absolute atomic E-state index is 12.4. The maximum atomic E-state index is 12.4. The fraction of sp³-hybridized carbons (Fsp3) is 0.185. The van der Waals surface area contributed by atoms with Crippen molar-refractivity contribution in [3.8, 4) is 17.2 Å². The van der Waals surface area contributed by atoms with Crippen LogP contribution in [0.25, 0.3) is 0 Å². The normalized spacial score (nSPS) is 10.6. The van der Waals surface area contributed by atoms with E-state index < -0.39 is 17.8 Å². The molecule has 2 amide bonds. The van der Waals surface area contributed by atoms with Crippen LogP contribution in [0, 0.1) is 0 Å². The first-order chi connectivity index (χ1) is 17.9. The molecular weight excluding hydrogens is 498 g/mol. The Morgan fingerprint density at radius 2 is 1.76 bits per heavy atom. The molecule has 10 heteroatoms. The molecule has 3 aromatic rings. The molecule has 0 saturated carbocycles. The molecule has 0 heterocycles. The van der Waals surface area contributed by atoms with Crippen molar-refractivity contribution in [3.63, 3.8) is 0 Å². The first-order valence-electron chi connectivity index (χ1n) is 11.4. The molecule has 37 heavy (non-hydrogen) atoms. The fourth-order valence-corrected chi connectivity index (χ4v) is 3.25. The molecule has 2 N–H and O–H groups in total. The van der Waals surface area contributed by atoms with E-state index >= 15 is 0 Å². The number of nitrogens with zero attached hydrogens (tertiary/aromatic N) is 1. The van der Waals surface area contributed by atoms with Gasteiger partial charge in [-0.2, -0.15) is 5.10 Å². The molecule has 0 saturated heterocycles. The Hall–Kier alpha value is -4.37. The highest BCUT2D eigenvalue weighted by Crippen LogP contribution is 2.29. The van der Waals surface area contributed by atoms with E-state index in [1.807, 2.05) is 6.92 Å². The third-order valence-electron chi connectivity index (χ3n) is 4.89. The zero-order chi connectivity index (χ0) is 26.6. The van der Waals surface area contributed by atoms with Crippen LogP contribution in [0.1, 0.15) is 39.6 Å². The third-order valence-corrected chi connectivity index (χ3v) is 5.22. The summed E-state index contributed by atoms with van der Waals surface area (Å²) in [6.07, 6.45) is 2.27. The minimum absolute atomic E-state index is 0.196. The van der Waals surface area contributed by atoms with E-state index in [9.17, 15) is 14.4 Å². The monoisotopic (exact) mass is 523 g/mol. The Kier molecular flexibility index (Phi) is 10.0. The van der Waals surface area contributed by atoms with Crippen molar-refractivity contribution in [2.45, 2.75) is 13.3 Å². The molecule has 0 spiro atoms. The number of esters is 1. The van der Waals surface area contributed by atoms with Crippen molar-refractivity contribution in [3.05, 3.63) is 88.4 Å². The second-order valence-corrected chi connectivity index (χ2v) is 8.04. The van der Waals surface area contributed by atoms with Crippen LogP contribution in [0.15, 0.2) is 71.8 Å². The number of rotatable bonds is 11. The molecule has 3 rings (SSSR count). The summed E-state index contributed by atoms with van der Waals surface area (Å²) in [5, 5.41) is 6.69. The first kappa shape index (κ1) is 27.2. The van der Waals surface area contributed by atoms with Crippen LogP contribution >= 0.6 is 11.6 Å². The molecule has 9 nitrogen and oxygen atoms in total. The van der Waals surface area contributed by atoms with Gasteiger partial charge < -0.3 is 19.5 Å². The number of hydrogen-bond acceptors (Lipinski definition) is 7. The molecule has 0 aromatic heterocycles. The highest BCUT2D eigenvalue weighted by atomic mass is 35.5. The largest absolute Gasteiger partial charge is 0.494 e. The van der Waals surface area contributed by atoms with E-state index in [1.165, 1.54) is 19.4 Å². The summed E-state index contributed by atoms with van der Waals surface area (Å²) in [6.45, 7) is 2.34. The van der Waals surface area contributed by atoms with Crippen LogP contribution in [0.5, 0.6) is 17.2 Å². The number of methoxy groups -OCH3 is 1. The molecule has 3 aromatic carbocycles. The van der Waals surface area contributed by atoms with Crippen molar-refractivity contribution in [1.29, 1.82) is 0 Å². The van der Waals surface area contributed by atoms with E-state index in [2.05, 4.69) is 15.8 Å². The standard InChI is InChI=1S/C27H26ClN3O6/c1-3-14-36-20-11-9-19(10-12-20)26(33)29-17-25(32)31-30-16-18-8-13-23(24(15-18)35-2)37-27(34)21-6-4-5-7-22(21)28/h4-13,15-16H,3,14,17H2,1-2H3,(H,29,33)(H,31,32)/b30-16+. The van der Waals surface area contributed by atoms with E-state index in [0.29, 0.717) is 23.5 Å². The quantitative estimate of drug-likeness (QED) is 0.168. The number of amides is 2. The van der Waals surface area contributed by atoms with Crippen molar-refractivity contribution in [2.75, 3.05) is 20.3 Å². The molecule has 0 bridgehead atoms. The van der Waals surface area contributed by atoms with Crippen molar-refractivity contribution < 1.29 is 28.6 Å². The van der Waals surface area contributed by atoms with E-state index in [1.54, 1.807) is 60.7 Å². The summed E-state index contributed by atoms with van der Waals surface area (Å²) in [5.74, 6) is -0.373. The van der Waals surface area contributed by atoms with Gasteiger partial charge in [-0.3, -0.25) is 9.59 Å². The zero-order valence-electron chi connectivity index (χ0n) is 20.3. The minimum Gasteiger partial charge on any atom is -0.494 e. The van der Waals surface area contributed by atoms with Crippen LogP contribution in [0.3, 0.4) is 0 Å². The Morgan fingerprint density at radius 1 is 1.00 bits per heavy atom. The summed E-state index contributed by atoms with van der Waals surface area (Å²) in [5.41, 5.74) is 3.54. The lowest BCUT2D eigenvalue weighted by Crippen LogP contribution is -2.34. The van der Waals surface area contributed by atoms with Crippen molar-refractivity contribution in [2.24, 2.45) is 5.10 Å². The summed E-state index contributed by atoms with van der Waals surface area (Å²) >= 11 is 6.05. The van der Waals surface area contributed by atoms with E-state index in [0.717, 1.165) is 6.42 Å². The predicted molar refractivity (Wildman–Crippen MR) is 140 cm³/mol. The van der Waals surface area contributed by atoms with Gasteiger partial charge in [-0.05, 0) is 66.6 Å². The summed E-state index contributed by atoms with van der Waals surface area (Å²) in [7, 11) is 1.43. The van der Waals surface area contributed by atoms with Gasteiger partial charge >= 0.3 is 5.97 Å². The average Bonchev–Trinajstić information content (AvgIpc) is 2.91. The maximum Gasteiger partial charge on any atom is 0.345 e. The number of hydrogen-bond donors (Lipinski definition) is 2. The number of nitrogens with one attached hydrogen (secondary N) is 2. The molecule has 0 radical (unpaired) electrons. The number of hydrazone groups is 1. The molecule has 0 unspecified atom stereocenters. The van der Waals surface area contributed by atoms with Gasteiger partial charge in [-0.15, -0.1) is 0 Å². The van der Waals surface area contributed by atoms with Crippen molar-refractivity contribution >= 4 is 35.6 Å². The minimum atomic E-state index is -0.625. The van der Waals surface area contributed by atoms with Crippen LogP contribution in [0.4, 0.5) is 0 Å². The molecule has 0 fully saturated rings. The topological polar surface area (TPSA) is 115 Å². The van der Waals surface area contributed by atoms with Gasteiger partial charge in [0.15, 0.2) is 11.5 Å². The number of ether oxygens (including phenoxy) is 3. The molecular formula is C27H26ClN3O6. The number of halogens is 1. The summed E-state index contributed by atoms with van der Waals surface area (Å²) in [4.78, 5) is 36.7. The zero-order valence-corrected chi connectivity index (χ0v) is 21.1. The first-order valence-corrected chi connectivity index (χ1v) is 11.8. The Labute approximate surface area is 219 Å². The van der Waals surface area contributed by atoms with E-state index in [-0.39, 0.29) is 28.6 Å². The lowest BCUT2D eigenvalue weighted by atomic mass is 10.2. The Bertz CT molecular complexity index is 1280. The fourth-order valence-electron chi connectivity index (χ4n) is 3.03. The molecule has 192 valence electrons. The molecule has 0 atom stereocenters. The van der Waals surface area contributed by atoms with Crippen LogP contribution in [0.2, 0.25) is 5.02 Å². The SMILES string of the molecule is CCCOc1ccc(C(=O)NCC(=O)N/N=C/c2ccc(OC(=O)c3ccccc3Cl)c(OC)c2)cc1. The Balaban J connectivity index is 1.50. The van der Waals surface area contributed by atoms with Crippen LogP contribution in [-0.2, 0) is 4.79 Å². The van der Waals surface area contributed by atoms with Gasteiger partial charge in [-0.1, -0.05) is 30.7 Å². The van der Waals surface area contributed by atoms with Gasteiger partial charge in [0, 0.05) is 5.56 Å². The highest BCUT2D eigenvalue weighted by Gasteiger charge is 2.15. The predicted octanol–water partition coefficient (Wildman–Crippen LogP) is 4.24. The van der Waals surface area contributed by atoms with Crippen molar-refractivity contribution in [1.82, 2.24) is 10.7 Å².